The molecule has 1 fully saturated rings. The Balaban J connectivity index is 1.62. The fourth-order valence-electron chi connectivity index (χ4n) is 2.68. The van der Waals surface area contributed by atoms with Crippen LogP contribution in [-0.2, 0) is 21.7 Å². The minimum absolute atomic E-state index is 0.294. The molecule has 0 radical (unpaired) electrons. The molecule has 1 aromatic heterocycles. The van der Waals surface area contributed by atoms with Crippen LogP contribution in [0.2, 0.25) is 0 Å². The van der Waals surface area contributed by atoms with Gasteiger partial charge in [0.25, 0.3) is 5.91 Å². The minimum atomic E-state index is -1.11. The molecule has 1 aliphatic rings. The van der Waals surface area contributed by atoms with Gasteiger partial charge in [-0.15, -0.1) is 11.3 Å². The Kier molecular flexibility index (Phi) is 4.59. The van der Waals surface area contributed by atoms with Crippen LogP contribution in [0.4, 0.5) is 4.79 Å². The Morgan fingerprint density at radius 3 is 2.60 bits per heavy atom. The lowest BCUT2D eigenvalue weighted by molar-refractivity contribution is -0.134. The molecule has 1 aliphatic heterocycles. The highest BCUT2D eigenvalue weighted by Gasteiger charge is 2.50. The second-order valence-electron chi connectivity index (χ2n) is 6.19. The van der Waals surface area contributed by atoms with Crippen molar-refractivity contribution < 1.29 is 14.4 Å². The zero-order valence-electron chi connectivity index (χ0n) is 14.0. The van der Waals surface area contributed by atoms with Crippen molar-refractivity contribution in [1.82, 2.24) is 15.5 Å². The summed E-state index contributed by atoms with van der Waals surface area (Å²) in [6.45, 7) is 3.70. The molecular weight excluding hydrogens is 338 g/mol. The van der Waals surface area contributed by atoms with Crippen LogP contribution >= 0.6 is 11.3 Å². The molecule has 1 aromatic carbocycles. The number of thiophene rings is 1. The van der Waals surface area contributed by atoms with Gasteiger partial charge >= 0.3 is 6.03 Å². The number of urea groups is 1. The molecule has 4 amide bonds. The summed E-state index contributed by atoms with van der Waals surface area (Å²) in [4.78, 5) is 38.7. The first kappa shape index (κ1) is 17.2. The third-order valence-corrected chi connectivity index (χ3v) is 5.29. The van der Waals surface area contributed by atoms with E-state index in [1.807, 2.05) is 42.6 Å². The van der Waals surface area contributed by atoms with Gasteiger partial charge in [0.1, 0.15) is 6.54 Å². The van der Waals surface area contributed by atoms with E-state index in [4.69, 9.17) is 0 Å². The van der Waals surface area contributed by atoms with Gasteiger partial charge in [0.2, 0.25) is 5.91 Å². The monoisotopic (exact) mass is 357 g/mol. The molecule has 25 heavy (non-hydrogen) atoms. The predicted molar refractivity (Wildman–Crippen MR) is 94.9 cm³/mol. The summed E-state index contributed by atoms with van der Waals surface area (Å²) in [7, 11) is 0. The number of amides is 4. The number of carbonyl (C=O) groups excluding carboxylic acids is 3. The maximum Gasteiger partial charge on any atom is 0.325 e. The second kappa shape index (κ2) is 6.68. The third-order valence-electron chi connectivity index (χ3n) is 4.20. The van der Waals surface area contributed by atoms with Crippen molar-refractivity contribution in [2.24, 2.45) is 0 Å². The van der Waals surface area contributed by atoms with Gasteiger partial charge in [-0.1, -0.05) is 35.9 Å². The van der Waals surface area contributed by atoms with Crippen molar-refractivity contribution in [3.8, 4) is 0 Å². The van der Waals surface area contributed by atoms with Crippen molar-refractivity contribution in [3.63, 3.8) is 0 Å². The zero-order valence-corrected chi connectivity index (χ0v) is 14.9. The van der Waals surface area contributed by atoms with Crippen molar-refractivity contribution >= 4 is 29.2 Å². The van der Waals surface area contributed by atoms with Crippen LogP contribution in [-0.4, -0.2) is 29.3 Å². The van der Waals surface area contributed by atoms with Gasteiger partial charge in [0.15, 0.2) is 5.54 Å². The van der Waals surface area contributed by atoms with Crippen LogP contribution in [0.15, 0.2) is 41.8 Å². The molecule has 7 heteroatoms. The maximum absolute atomic E-state index is 12.7. The van der Waals surface area contributed by atoms with E-state index in [0.717, 1.165) is 20.9 Å². The number of nitrogens with one attached hydrogen (secondary N) is 2. The summed E-state index contributed by atoms with van der Waals surface area (Å²) < 4.78 is 0. The van der Waals surface area contributed by atoms with E-state index in [1.165, 1.54) is 11.3 Å². The number of aryl methyl sites for hydroxylation is 1. The van der Waals surface area contributed by atoms with Crippen LogP contribution in [0.5, 0.6) is 0 Å². The fourth-order valence-corrected chi connectivity index (χ4v) is 3.51. The van der Waals surface area contributed by atoms with E-state index >= 15 is 0 Å². The topological polar surface area (TPSA) is 78.5 Å². The van der Waals surface area contributed by atoms with Crippen LogP contribution in [0.1, 0.15) is 22.9 Å². The quantitative estimate of drug-likeness (QED) is 0.805. The van der Waals surface area contributed by atoms with E-state index < -0.39 is 17.5 Å². The minimum Gasteiger partial charge on any atom is -0.350 e. The van der Waals surface area contributed by atoms with Crippen LogP contribution in [0, 0.1) is 6.92 Å². The first-order valence-electron chi connectivity index (χ1n) is 7.90. The number of benzene rings is 1. The molecule has 0 bridgehead atoms. The molecule has 0 saturated carbocycles. The number of hydrogen-bond acceptors (Lipinski definition) is 4. The highest BCUT2D eigenvalue weighted by molar-refractivity contribution is 7.10. The van der Waals surface area contributed by atoms with Gasteiger partial charge in [0, 0.05) is 11.4 Å². The molecule has 1 saturated heterocycles. The molecule has 2 heterocycles. The molecule has 3 rings (SSSR count). The third kappa shape index (κ3) is 3.41. The Morgan fingerprint density at radius 1 is 1.24 bits per heavy atom. The average Bonchev–Trinajstić information content (AvgIpc) is 3.19. The number of carbonyl (C=O) groups is 3. The molecule has 1 atom stereocenters. The second-order valence-corrected chi connectivity index (χ2v) is 7.13. The van der Waals surface area contributed by atoms with Gasteiger partial charge in [-0.05, 0) is 30.9 Å². The predicted octanol–water partition coefficient (Wildman–Crippen LogP) is 2.14. The summed E-state index contributed by atoms with van der Waals surface area (Å²) >= 11 is 1.39. The van der Waals surface area contributed by atoms with Gasteiger partial charge < -0.3 is 10.6 Å². The van der Waals surface area contributed by atoms with Gasteiger partial charge in [-0.25, -0.2) is 4.79 Å². The lowest BCUT2D eigenvalue weighted by Crippen LogP contribution is -2.42. The SMILES string of the molecule is Cc1ccc(CNC(=O)CN2C(=O)NC(C)(c3cccs3)C2=O)cc1. The molecular formula is C18H19N3O3S. The normalized spacial score (nSPS) is 19.8. The van der Waals surface area contributed by atoms with E-state index in [2.05, 4.69) is 10.6 Å². The maximum atomic E-state index is 12.7. The standard InChI is InChI=1S/C18H19N3O3S/c1-12-5-7-13(8-6-12)10-19-15(22)11-21-16(23)18(2,20-17(21)24)14-4-3-9-25-14/h3-9H,10-11H2,1-2H3,(H,19,22)(H,20,24). The lowest BCUT2D eigenvalue weighted by Gasteiger charge is -2.20. The van der Waals surface area contributed by atoms with Crippen LogP contribution < -0.4 is 10.6 Å². The van der Waals surface area contributed by atoms with Gasteiger partial charge in [-0.2, -0.15) is 0 Å². The summed E-state index contributed by atoms with van der Waals surface area (Å²) in [5.41, 5.74) is 0.990. The first-order valence-corrected chi connectivity index (χ1v) is 8.78. The lowest BCUT2D eigenvalue weighted by atomic mass is 10.0. The van der Waals surface area contributed by atoms with Crippen molar-refractivity contribution in [2.45, 2.75) is 25.9 Å². The molecule has 0 aliphatic carbocycles. The van der Waals surface area contributed by atoms with Gasteiger partial charge in [-0.3, -0.25) is 14.5 Å². The Bertz CT molecular complexity index is 801. The molecule has 1 unspecified atom stereocenters. The molecule has 130 valence electrons. The largest absolute Gasteiger partial charge is 0.350 e. The van der Waals surface area contributed by atoms with Crippen LogP contribution in [0.3, 0.4) is 0 Å². The van der Waals surface area contributed by atoms with Gasteiger partial charge in [0.05, 0.1) is 0 Å². The van der Waals surface area contributed by atoms with Crippen molar-refractivity contribution in [1.29, 1.82) is 0 Å². The van der Waals surface area contributed by atoms with E-state index in [9.17, 15) is 14.4 Å². The van der Waals surface area contributed by atoms with E-state index in [-0.39, 0.29) is 12.5 Å². The number of hydrogen-bond donors (Lipinski definition) is 2. The van der Waals surface area contributed by atoms with E-state index in [0.29, 0.717) is 6.54 Å². The molecule has 6 nitrogen and oxygen atoms in total. The zero-order chi connectivity index (χ0) is 18.0. The Labute approximate surface area is 149 Å². The summed E-state index contributed by atoms with van der Waals surface area (Å²) in [5.74, 6) is -0.787. The molecule has 0 spiro atoms. The van der Waals surface area contributed by atoms with Crippen molar-refractivity contribution in [2.75, 3.05) is 6.54 Å². The fraction of sp³-hybridized carbons (Fsp3) is 0.278. The highest BCUT2D eigenvalue weighted by Crippen LogP contribution is 2.31. The first-order chi connectivity index (χ1) is 11.9. The molecule has 2 aromatic rings. The summed E-state index contributed by atoms with van der Waals surface area (Å²) in [6.07, 6.45) is 0. The number of nitrogens with zero attached hydrogens (tertiary/aromatic N) is 1. The smallest absolute Gasteiger partial charge is 0.325 e. The molecule has 2 N–H and O–H groups in total. The van der Waals surface area contributed by atoms with Crippen LogP contribution in [0.25, 0.3) is 0 Å². The van der Waals surface area contributed by atoms with Crippen molar-refractivity contribution in [3.05, 3.63) is 57.8 Å². The summed E-state index contributed by atoms with van der Waals surface area (Å²) in [6, 6.07) is 10.8. The Hall–Kier alpha value is -2.67. The highest BCUT2D eigenvalue weighted by atomic mass is 32.1. The number of imide groups is 1. The number of rotatable bonds is 5. The Morgan fingerprint density at radius 2 is 1.96 bits per heavy atom. The average molecular weight is 357 g/mol. The van der Waals surface area contributed by atoms with E-state index in [1.54, 1.807) is 13.0 Å². The summed E-state index contributed by atoms with van der Waals surface area (Å²) in [5, 5.41) is 7.27.